The number of carbonyl (C=O) groups excluding carboxylic acids is 1. The summed E-state index contributed by atoms with van der Waals surface area (Å²) < 4.78 is 0.437. The van der Waals surface area contributed by atoms with Gasteiger partial charge in [-0.2, -0.15) is 5.26 Å². The Kier molecular flexibility index (Phi) is 5.22. The second kappa shape index (κ2) is 6.48. The molecule has 1 rings (SSSR count). The van der Waals surface area contributed by atoms with Gasteiger partial charge >= 0.3 is 0 Å². The minimum atomic E-state index is -0.950. The van der Waals surface area contributed by atoms with Gasteiger partial charge < -0.3 is 5.32 Å². The van der Waals surface area contributed by atoms with Crippen LogP contribution in [0.1, 0.15) is 37.0 Å². The summed E-state index contributed by atoms with van der Waals surface area (Å²) in [6.07, 6.45) is 0.920. The van der Waals surface area contributed by atoms with Gasteiger partial charge in [-0.15, -0.1) is 0 Å². The number of nitro benzene ring substituents is 1. The first-order valence-electron chi connectivity index (χ1n) is 6.06. The molecule has 0 heterocycles. The van der Waals surface area contributed by atoms with Crippen LogP contribution in [0.2, 0.25) is 0 Å². The van der Waals surface area contributed by atoms with E-state index in [1.165, 1.54) is 18.2 Å². The molecule has 0 saturated heterocycles. The molecule has 1 N–H and O–H groups in total. The Hall–Kier alpha value is -1.94. The van der Waals surface area contributed by atoms with E-state index >= 15 is 0 Å². The van der Waals surface area contributed by atoms with Crippen molar-refractivity contribution in [2.24, 2.45) is 0 Å². The van der Waals surface area contributed by atoms with Crippen molar-refractivity contribution in [1.82, 2.24) is 5.32 Å². The van der Waals surface area contributed by atoms with Crippen LogP contribution in [-0.2, 0) is 0 Å². The highest BCUT2D eigenvalue weighted by molar-refractivity contribution is 9.10. The van der Waals surface area contributed by atoms with Gasteiger partial charge in [-0.25, -0.2) is 0 Å². The fourth-order valence-corrected chi connectivity index (χ4v) is 2.19. The van der Waals surface area contributed by atoms with Gasteiger partial charge in [-0.1, -0.05) is 29.8 Å². The van der Waals surface area contributed by atoms with Gasteiger partial charge in [0.05, 0.1) is 11.0 Å². The summed E-state index contributed by atoms with van der Waals surface area (Å²) in [5.74, 6) is -0.500. The lowest BCUT2D eigenvalue weighted by Gasteiger charge is -2.24. The lowest BCUT2D eigenvalue weighted by Crippen LogP contribution is -2.46. The van der Waals surface area contributed by atoms with E-state index in [2.05, 4.69) is 27.3 Å². The lowest BCUT2D eigenvalue weighted by atomic mass is 9.94. The van der Waals surface area contributed by atoms with E-state index in [1.54, 1.807) is 13.8 Å². The molecule has 7 heteroatoms. The van der Waals surface area contributed by atoms with Crippen LogP contribution in [-0.4, -0.2) is 16.4 Å². The first kappa shape index (κ1) is 16.1. The molecule has 1 aromatic carbocycles. The van der Waals surface area contributed by atoms with E-state index < -0.39 is 16.4 Å². The predicted octanol–water partition coefficient (Wildman–Crippen LogP) is 3.17. The zero-order chi connectivity index (χ0) is 15.3. The first-order valence-corrected chi connectivity index (χ1v) is 6.85. The molecule has 0 spiro atoms. The van der Waals surface area contributed by atoms with Crippen LogP contribution >= 0.6 is 15.9 Å². The van der Waals surface area contributed by atoms with Gasteiger partial charge in [0.15, 0.2) is 0 Å². The van der Waals surface area contributed by atoms with Crippen molar-refractivity contribution in [1.29, 1.82) is 5.26 Å². The summed E-state index contributed by atoms with van der Waals surface area (Å²) in [5, 5.41) is 22.6. The highest BCUT2D eigenvalue weighted by Gasteiger charge is 2.28. The SMILES string of the molecule is CCC(C#N)(CC)NC(=O)c1cc(Br)cc([N+](=O)[O-])c1. The molecular weight excluding hydrogens is 326 g/mol. The fraction of sp³-hybridized carbons (Fsp3) is 0.385. The Morgan fingerprint density at radius 1 is 1.45 bits per heavy atom. The molecule has 106 valence electrons. The maximum Gasteiger partial charge on any atom is 0.271 e. The van der Waals surface area contributed by atoms with Crippen LogP contribution in [0.25, 0.3) is 0 Å². The predicted molar refractivity (Wildman–Crippen MR) is 77.2 cm³/mol. The molecule has 1 aromatic rings. The minimum Gasteiger partial charge on any atom is -0.334 e. The molecule has 0 radical (unpaired) electrons. The summed E-state index contributed by atoms with van der Waals surface area (Å²) >= 11 is 3.13. The molecule has 1 amide bonds. The van der Waals surface area contributed by atoms with Crippen molar-refractivity contribution in [2.45, 2.75) is 32.2 Å². The number of nitro groups is 1. The lowest BCUT2D eigenvalue weighted by molar-refractivity contribution is -0.385. The first-order chi connectivity index (χ1) is 9.37. The third-order valence-electron chi connectivity index (χ3n) is 3.13. The van der Waals surface area contributed by atoms with Crippen LogP contribution < -0.4 is 5.32 Å². The normalized spacial score (nSPS) is 10.7. The number of benzene rings is 1. The van der Waals surface area contributed by atoms with Gasteiger partial charge in [0.25, 0.3) is 11.6 Å². The molecular formula is C13H14BrN3O3. The van der Waals surface area contributed by atoms with Crippen LogP contribution in [0.4, 0.5) is 5.69 Å². The van der Waals surface area contributed by atoms with Crippen molar-refractivity contribution < 1.29 is 9.72 Å². The molecule has 0 atom stereocenters. The molecule has 0 unspecified atom stereocenters. The van der Waals surface area contributed by atoms with Crippen LogP contribution in [0, 0.1) is 21.4 Å². The highest BCUT2D eigenvalue weighted by Crippen LogP contribution is 2.22. The van der Waals surface area contributed by atoms with E-state index in [-0.39, 0.29) is 11.3 Å². The summed E-state index contributed by atoms with van der Waals surface area (Å²) in [4.78, 5) is 22.4. The van der Waals surface area contributed by atoms with Gasteiger partial charge in [0.1, 0.15) is 5.54 Å². The second-order valence-corrected chi connectivity index (χ2v) is 5.23. The minimum absolute atomic E-state index is 0.146. The zero-order valence-electron chi connectivity index (χ0n) is 11.1. The molecule has 0 fully saturated rings. The maximum absolute atomic E-state index is 12.2. The van der Waals surface area contributed by atoms with Crippen molar-refractivity contribution in [3.8, 4) is 6.07 Å². The third kappa shape index (κ3) is 3.54. The van der Waals surface area contributed by atoms with Gasteiger partial charge in [-0.3, -0.25) is 14.9 Å². The monoisotopic (exact) mass is 339 g/mol. The van der Waals surface area contributed by atoms with Crippen molar-refractivity contribution in [2.75, 3.05) is 0 Å². The third-order valence-corrected chi connectivity index (χ3v) is 3.59. The van der Waals surface area contributed by atoms with Gasteiger partial charge in [0, 0.05) is 22.2 Å². The van der Waals surface area contributed by atoms with Crippen molar-refractivity contribution in [3.63, 3.8) is 0 Å². The maximum atomic E-state index is 12.2. The number of hydrogen-bond donors (Lipinski definition) is 1. The molecule has 0 bridgehead atoms. The van der Waals surface area contributed by atoms with Gasteiger partial charge in [0.2, 0.25) is 0 Å². The standard InChI is InChI=1S/C13H14BrN3O3/c1-3-13(4-2,8-15)16-12(18)9-5-10(14)7-11(6-9)17(19)20/h5-7H,3-4H2,1-2H3,(H,16,18). The van der Waals surface area contributed by atoms with E-state index in [1.807, 2.05) is 0 Å². The Bertz CT molecular complexity index is 577. The number of non-ortho nitro benzene ring substituents is 1. The van der Waals surface area contributed by atoms with Crippen molar-refractivity contribution >= 4 is 27.5 Å². The molecule has 6 nitrogen and oxygen atoms in total. The molecule has 0 saturated carbocycles. The number of nitrogens with zero attached hydrogens (tertiary/aromatic N) is 2. The number of rotatable bonds is 5. The van der Waals surface area contributed by atoms with E-state index in [0.29, 0.717) is 17.3 Å². The summed E-state index contributed by atoms with van der Waals surface area (Å²) in [5.41, 5.74) is -0.985. The van der Waals surface area contributed by atoms with E-state index in [4.69, 9.17) is 0 Å². The number of hydrogen-bond acceptors (Lipinski definition) is 4. The number of halogens is 1. The molecule has 20 heavy (non-hydrogen) atoms. The fourth-order valence-electron chi connectivity index (χ4n) is 1.71. The number of amides is 1. The van der Waals surface area contributed by atoms with Crippen LogP contribution in [0.15, 0.2) is 22.7 Å². The highest BCUT2D eigenvalue weighted by atomic mass is 79.9. The van der Waals surface area contributed by atoms with E-state index in [0.717, 1.165) is 0 Å². The Morgan fingerprint density at radius 3 is 2.50 bits per heavy atom. The smallest absolute Gasteiger partial charge is 0.271 e. The van der Waals surface area contributed by atoms with Crippen LogP contribution in [0.3, 0.4) is 0 Å². The Balaban J connectivity index is 3.10. The van der Waals surface area contributed by atoms with Crippen LogP contribution in [0.5, 0.6) is 0 Å². The molecule has 0 aliphatic heterocycles. The Morgan fingerprint density at radius 2 is 2.05 bits per heavy atom. The quantitative estimate of drug-likeness (QED) is 0.658. The number of carbonyl (C=O) groups is 1. The molecule has 0 aliphatic carbocycles. The topological polar surface area (TPSA) is 96.0 Å². The van der Waals surface area contributed by atoms with Gasteiger partial charge in [-0.05, 0) is 18.9 Å². The molecule has 0 aliphatic rings. The number of nitrogens with one attached hydrogen (secondary N) is 1. The van der Waals surface area contributed by atoms with Crippen molar-refractivity contribution in [3.05, 3.63) is 38.3 Å². The number of nitriles is 1. The summed E-state index contributed by atoms with van der Waals surface area (Å²) in [6, 6.07) is 6.07. The average Bonchev–Trinajstić information content (AvgIpc) is 2.44. The zero-order valence-corrected chi connectivity index (χ0v) is 12.7. The average molecular weight is 340 g/mol. The largest absolute Gasteiger partial charge is 0.334 e. The summed E-state index contributed by atoms with van der Waals surface area (Å²) in [6.45, 7) is 3.60. The summed E-state index contributed by atoms with van der Waals surface area (Å²) in [7, 11) is 0. The van der Waals surface area contributed by atoms with E-state index in [9.17, 15) is 20.2 Å². The second-order valence-electron chi connectivity index (χ2n) is 4.31. The molecule has 0 aromatic heterocycles. The Labute approximate surface area is 125 Å².